The van der Waals surface area contributed by atoms with Gasteiger partial charge >= 0.3 is 0 Å². The molecule has 1 fully saturated rings. The second kappa shape index (κ2) is 6.47. The highest BCUT2D eigenvalue weighted by Gasteiger charge is 2.44. The van der Waals surface area contributed by atoms with Gasteiger partial charge < -0.3 is 5.32 Å². The molecule has 0 spiro atoms. The standard InChI is InChI=1S/C19H17FN4O/c20-18-4-2-1-3-15(18)16-9-17(16)19(25)22-10-13-5-7-14(8-6-13)24-12-21-11-23-24/h1-8,11-12,16-17H,9-10H2,(H,22,25)/t16-,17+/m1/s1. The average Bonchev–Trinajstić information content (AvgIpc) is 3.24. The van der Waals surface area contributed by atoms with Crippen LogP contribution in [0.2, 0.25) is 0 Å². The molecule has 25 heavy (non-hydrogen) atoms. The number of carbonyl (C=O) groups excluding carboxylic acids is 1. The summed E-state index contributed by atoms with van der Waals surface area (Å²) in [6, 6.07) is 14.4. The van der Waals surface area contributed by atoms with Gasteiger partial charge in [0.15, 0.2) is 0 Å². The SMILES string of the molecule is O=C(NCc1ccc(-n2cncn2)cc1)[C@H]1C[C@@H]1c1ccccc1F. The van der Waals surface area contributed by atoms with Crippen LogP contribution in [-0.2, 0) is 11.3 Å². The van der Waals surface area contributed by atoms with Crippen molar-refractivity contribution in [1.29, 1.82) is 0 Å². The van der Waals surface area contributed by atoms with Crippen LogP contribution in [0.1, 0.15) is 23.5 Å². The zero-order chi connectivity index (χ0) is 17.2. The molecule has 6 heteroatoms. The van der Waals surface area contributed by atoms with Gasteiger partial charge in [0, 0.05) is 12.5 Å². The van der Waals surface area contributed by atoms with E-state index in [1.807, 2.05) is 30.3 Å². The van der Waals surface area contributed by atoms with E-state index in [9.17, 15) is 9.18 Å². The van der Waals surface area contributed by atoms with Crippen LogP contribution in [0.3, 0.4) is 0 Å². The Kier molecular flexibility index (Phi) is 4.01. The number of aromatic nitrogens is 3. The number of amides is 1. The largest absolute Gasteiger partial charge is 0.352 e. The zero-order valence-electron chi connectivity index (χ0n) is 13.5. The van der Waals surface area contributed by atoms with Gasteiger partial charge in [0.1, 0.15) is 18.5 Å². The van der Waals surface area contributed by atoms with Gasteiger partial charge in [-0.1, -0.05) is 30.3 Å². The fourth-order valence-corrected chi connectivity index (χ4v) is 3.03. The molecule has 1 amide bonds. The van der Waals surface area contributed by atoms with Gasteiger partial charge in [-0.2, -0.15) is 5.10 Å². The van der Waals surface area contributed by atoms with E-state index >= 15 is 0 Å². The Morgan fingerprint density at radius 1 is 1.20 bits per heavy atom. The summed E-state index contributed by atoms with van der Waals surface area (Å²) in [5.41, 5.74) is 2.55. The molecule has 1 aliphatic carbocycles. The Hall–Kier alpha value is -3.02. The Labute approximate surface area is 144 Å². The summed E-state index contributed by atoms with van der Waals surface area (Å²) in [6.07, 6.45) is 3.82. The minimum Gasteiger partial charge on any atom is -0.352 e. The predicted molar refractivity (Wildman–Crippen MR) is 90.5 cm³/mol. The summed E-state index contributed by atoms with van der Waals surface area (Å²) in [5, 5.41) is 7.01. The lowest BCUT2D eigenvalue weighted by Crippen LogP contribution is -2.24. The van der Waals surface area contributed by atoms with Crippen LogP contribution in [0, 0.1) is 11.7 Å². The number of rotatable bonds is 5. The van der Waals surface area contributed by atoms with E-state index in [4.69, 9.17) is 0 Å². The third-order valence-electron chi connectivity index (χ3n) is 4.52. The highest BCUT2D eigenvalue weighted by atomic mass is 19.1. The van der Waals surface area contributed by atoms with Crippen molar-refractivity contribution in [3.8, 4) is 5.69 Å². The van der Waals surface area contributed by atoms with Gasteiger partial charge in [0.25, 0.3) is 0 Å². The molecule has 1 N–H and O–H groups in total. The lowest BCUT2D eigenvalue weighted by Gasteiger charge is -2.07. The maximum atomic E-state index is 13.8. The van der Waals surface area contributed by atoms with E-state index in [0.717, 1.165) is 11.3 Å². The van der Waals surface area contributed by atoms with Crippen LogP contribution >= 0.6 is 0 Å². The summed E-state index contributed by atoms with van der Waals surface area (Å²) in [7, 11) is 0. The van der Waals surface area contributed by atoms with Crippen molar-refractivity contribution in [2.75, 3.05) is 0 Å². The van der Waals surface area contributed by atoms with Crippen molar-refractivity contribution in [1.82, 2.24) is 20.1 Å². The lowest BCUT2D eigenvalue weighted by atomic mass is 10.1. The van der Waals surface area contributed by atoms with Crippen molar-refractivity contribution < 1.29 is 9.18 Å². The van der Waals surface area contributed by atoms with Gasteiger partial charge in [0.05, 0.1) is 5.69 Å². The van der Waals surface area contributed by atoms with Gasteiger partial charge in [-0.05, 0) is 41.7 Å². The number of hydrogen-bond acceptors (Lipinski definition) is 3. The first-order chi connectivity index (χ1) is 12.2. The number of benzene rings is 2. The minimum atomic E-state index is -0.230. The topological polar surface area (TPSA) is 59.8 Å². The molecule has 1 aromatic heterocycles. The summed E-state index contributed by atoms with van der Waals surface area (Å²) in [5.74, 6) is -0.387. The molecule has 0 radical (unpaired) electrons. The fraction of sp³-hybridized carbons (Fsp3) is 0.211. The van der Waals surface area contributed by atoms with E-state index in [2.05, 4.69) is 15.4 Å². The minimum absolute atomic E-state index is 0.00380. The first-order valence-corrected chi connectivity index (χ1v) is 8.18. The number of carbonyl (C=O) groups is 1. The molecule has 2 atom stereocenters. The highest BCUT2D eigenvalue weighted by molar-refractivity contribution is 5.82. The molecule has 1 heterocycles. The summed E-state index contributed by atoms with van der Waals surface area (Å²) >= 11 is 0. The van der Waals surface area contributed by atoms with Gasteiger partial charge in [0.2, 0.25) is 5.91 Å². The molecule has 0 bridgehead atoms. The van der Waals surface area contributed by atoms with Crippen molar-refractivity contribution in [2.24, 2.45) is 5.92 Å². The maximum absolute atomic E-state index is 13.8. The van der Waals surface area contributed by atoms with Crippen molar-refractivity contribution in [2.45, 2.75) is 18.9 Å². The van der Waals surface area contributed by atoms with E-state index in [1.54, 1.807) is 23.1 Å². The predicted octanol–water partition coefficient (Wildman–Crippen LogP) is 2.83. The highest BCUT2D eigenvalue weighted by Crippen LogP contribution is 2.48. The number of halogens is 1. The molecule has 126 valence electrons. The third-order valence-corrected chi connectivity index (χ3v) is 4.52. The van der Waals surface area contributed by atoms with Crippen LogP contribution < -0.4 is 5.32 Å². The van der Waals surface area contributed by atoms with Gasteiger partial charge in [-0.25, -0.2) is 14.1 Å². The molecular formula is C19H17FN4O. The Balaban J connectivity index is 1.33. The number of hydrogen-bond donors (Lipinski definition) is 1. The number of nitrogens with zero attached hydrogens (tertiary/aromatic N) is 3. The molecule has 5 nitrogen and oxygen atoms in total. The van der Waals surface area contributed by atoms with E-state index in [0.29, 0.717) is 18.5 Å². The van der Waals surface area contributed by atoms with Gasteiger partial charge in [-0.3, -0.25) is 4.79 Å². The van der Waals surface area contributed by atoms with Crippen molar-refractivity contribution >= 4 is 5.91 Å². The smallest absolute Gasteiger partial charge is 0.224 e. The molecule has 1 saturated carbocycles. The summed E-state index contributed by atoms with van der Waals surface area (Å²) in [6.45, 7) is 0.455. The molecule has 2 aromatic carbocycles. The molecule has 0 aliphatic heterocycles. The van der Waals surface area contributed by atoms with E-state index < -0.39 is 0 Å². The Bertz CT molecular complexity index is 877. The van der Waals surface area contributed by atoms with Crippen LogP contribution in [0.4, 0.5) is 4.39 Å². The normalized spacial score (nSPS) is 18.8. The molecule has 4 rings (SSSR count). The molecule has 0 unspecified atom stereocenters. The summed E-state index contributed by atoms with van der Waals surface area (Å²) < 4.78 is 15.5. The Morgan fingerprint density at radius 3 is 2.72 bits per heavy atom. The van der Waals surface area contributed by atoms with Crippen LogP contribution in [-0.4, -0.2) is 20.7 Å². The van der Waals surface area contributed by atoms with Crippen molar-refractivity contribution in [3.63, 3.8) is 0 Å². The first kappa shape index (κ1) is 15.5. The van der Waals surface area contributed by atoms with Crippen LogP contribution in [0.25, 0.3) is 5.69 Å². The van der Waals surface area contributed by atoms with Crippen LogP contribution in [0.5, 0.6) is 0 Å². The Morgan fingerprint density at radius 2 is 2.00 bits per heavy atom. The maximum Gasteiger partial charge on any atom is 0.224 e. The molecule has 0 saturated heterocycles. The van der Waals surface area contributed by atoms with Crippen molar-refractivity contribution in [3.05, 3.63) is 78.1 Å². The molecular weight excluding hydrogens is 319 g/mol. The fourth-order valence-electron chi connectivity index (χ4n) is 3.03. The third kappa shape index (κ3) is 3.28. The van der Waals surface area contributed by atoms with E-state index in [1.165, 1.54) is 12.4 Å². The molecule has 1 aliphatic rings. The molecule has 3 aromatic rings. The second-order valence-electron chi connectivity index (χ2n) is 6.19. The lowest BCUT2D eigenvalue weighted by molar-refractivity contribution is -0.122. The van der Waals surface area contributed by atoms with Gasteiger partial charge in [-0.15, -0.1) is 0 Å². The summed E-state index contributed by atoms with van der Waals surface area (Å²) in [4.78, 5) is 16.2. The van der Waals surface area contributed by atoms with E-state index in [-0.39, 0.29) is 23.6 Å². The second-order valence-corrected chi connectivity index (χ2v) is 6.19. The number of nitrogens with one attached hydrogen (secondary N) is 1. The quantitative estimate of drug-likeness (QED) is 0.779. The zero-order valence-corrected chi connectivity index (χ0v) is 13.5. The monoisotopic (exact) mass is 336 g/mol. The average molecular weight is 336 g/mol. The van der Waals surface area contributed by atoms with Crippen LogP contribution in [0.15, 0.2) is 61.2 Å². The first-order valence-electron chi connectivity index (χ1n) is 8.18.